The molecule has 0 saturated heterocycles. The Hall–Kier alpha value is -3.36. The molecule has 0 aliphatic rings. The minimum Gasteiger partial charge on any atom is -0.454 e. The molecule has 0 atom stereocenters. The van der Waals surface area contributed by atoms with Gasteiger partial charge in [0.05, 0.1) is 42.7 Å². The minimum atomic E-state index is 0.0132. The van der Waals surface area contributed by atoms with E-state index < -0.39 is 0 Å². The number of aliphatic hydroxyl groups excluding tert-OH is 1. The molecule has 1 heterocycles. The first-order valence-electron chi connectivity index (χ1n) is 9.25. The Morgan fingerprint density at radius 3 is 2.53 bits per heavy atom. The number of aliphatic hydroxyl groups is 1. The van der Waals surface area contributed by atoms with Crippen LogP contribution in [0.25, 0.3) is 0 Å². The summed E-state index contributed by atoms with van der Waals surface area (Å²) in [7, 11) is 0. The Morgan fingerprint density at radius 2 is 1.87 bits per heavy atom. The summed E-state index contributed by atoms with van der Waals surface area (Å²) in [6.45, 7) is 3.36. The van der Waals surface area contributed by atoms with Crippen molar-refractivity contribution in [3.8, 4) is 23.6 Å². The van der Waals surface area contributed by atoms with Gasteiger partial charge in [-0.05, 0) is 42.8 Å². The zero-order valence-corrected chi connectivity index (χ0v) is 17.2. The van der Waals surface area contributed by atoms with Crippen molar-refractivity contribution < 1.29 is 9.84 Å². The average Bonchev–Trinajstić information content (AvgIpc) is 3.06. The SMILES string of the molecule is Cc1nn(CN(CCO)Cc2ccc(C#N)cc2)cc1Oc1cc(Cl)cc(C#N)c1. The molecule has 0 bridgehead atoms. The van der Waals surface area contributed by atoms with Gasteiger partial charge in [-0.25, -0.2) is 0 Å². The molecule has 7 nitrogen and oxygen atoms in total. The molecule has 3 rings (SSSR count). The van der Waals surface area contributed by atoms with Gasteiger partial charge in [-0.3, -0.25) is 9.58 Å². The summed E-state index contributed by atoms with van der Waals surface area (Å²) in [4.78, 5) is 2.03. The first kappa shape index (κ1) is 21.4. The molecule has 0 aliphatic carbocycles. The quantitative estimate of drug-likeness (QED) is 0.593. The van der Waals surface area contributed by atoms with Gasteiger partial charge in [0.25, 0.3) is 0 Å². The van der Waals surface area contributed by atoms with Crippen LogP contribution in [0.5, 0.6) is 11.5 Å². The molecule has 152 valence electrons. The van der Waals surface area contributed by atoms with E-state index in [1.807, 2.05) is 24.0 Å². The molecule has 8 heteroatoms. The van der Waals surface area contributed by atoms with Crippen LogP contribution in [-0.4, -0.2) is 32.9 Å². The number of hydrogen-bond acceptors (Lipinski definition) is 6. The van der Waals surface area contributed by atoms with Crippen molar-refractivity contribution in [3.05, 3.63) is 76.1 Å². The first-order valence-corrected chi connectivity index (χ1v) is 9.63. The van der Waals surface area contributed by atoms with Crippen LogP contribution in [0.4, 0.5) is 0 Å². The Labute approximate surface area is 179 Å². The highest BCUT2D eigenvalue weighted by molar-refractivity contribution is 6.30. The predicted octanol–water partition coefficient (Wildman–Crippen LogP) is 3.83. The van der Waals surface area contributed by atoms with Crippen LogP contribution in [0, 0.1) is 29.6 Å². The van der Waals surface area contributed by atoms with Gasteiger partial charge < -0.3 is 9.84 Å². The molecule has 0 radical (unpaired) electrons. The van der Waals surface area contributed by atoms with Crippen molar-refractivity contribution in [1.29, 1.82) is 10.5 Å². The molecule has 2 aromatic carbocycles. The van der Waals surface area contributed by atoms with E-state index in [1.165, 1.54) is 0 Å². The summed E-state index contributed by atoms with van der Waals surface area (Å²) in [5, 5.41) is 32.4. The maximum Gasteiger partial charge on any atom is 0.168 e. The zero-order valence-electron chi connectivity index (χ0n) is 16.4. The summed E-state index contributed by atoms with van der Waals surface area (Å²) >= 11 is 6.04. The highest BCUT2D eigenvalue weighted by Gasteiger charge is 2.12. The number of benzene rings is 2. The van der Waals surface area contributed by atoms with Gasteiger partial charge in [0.15, 0.2) is 5.75 Å². The number of nitriles is 2. The van der Waals surface area contributed by atoms with Crippen molar-refractivity contribution >= 4 is 11.6 Å². The van der Waals surface area contributed by atoms with Crippen LogP contribution in [0.1, 0.15) is 22.4 Å². The van der Waals surface area contributed by atoms with Crippen LogP contribution in [-0.2, 0) is 13.2 Å². The molecule has 30 heavy (non-hydrogen) atoms. The Balaban J connectivity index is 1.73. The molecule has 0 saturated carbocycles. The number of ether oxygens (including phenoxy) is 1. The number of nitrogens with zero attached hydrogens (tertiary/aromatic N) is 5. The third-order valence-electron chi connectivity index (χ3n) is 4.38. The highest BCUT2D eigenvalue weighted by atomic mass is 35.5. The fourth-order valence-corrected chi connectivity index (χ4v) is 3.20. The van der Waals surface area contributed by atoms with E-state index in [2.05, 4.69) is 17.2 Å². The first-order chi connectivity index (χ1) is 14.5. The monoisotopic (exact) mass is 421 g/mol. The average molecular weight is 422 g/mol. The number of rotatable bonds is 8. The molecule has 3 aromatic rings. The van der Waals surface area contributed by atoms with Crippen LogP contribution < -0.4 is 4.74 Å². The molecule has 1 aromatic heterocycles. The maximum absolute atomic E-state index is 9.43. The third-order valence-corrected chi connectivity index (χ3v) is 4.60. The van der Waals surface area contributed by atoms with Crippen LogP contribution in [0.2, 0.25) is 5.02 Å². The van der Waals surface area contributed by atoms with Crippen molar-refractivity contribution in [3.63, 3.8) is 0 Å². The minimum absolute atomic E-state index is 0.0132. The highest BCUT2D eigenvalue weighted by Crippen LogP contribution is 2.28. The summed E-state index contributed by atoms with van der Waals surface area (Å²) < 4.78 is 7.62. The van der Waals surface area contributed by atoms with Gasteiger partial charge in [0.2, 0.25) is 0 Å². The van der Waals surface area contributed by atoms with Crippen molar-refractivity contribution in [2.45, 2.75) is 20.1 Å². The smallest absolute Gasteiger partial charge is 0.168 e. The van der Waals surface area contributed by atoms with E-state index >= 15 is 0 Å². The molecular formula is C22H20ClN5O2. The van der Waals surface area contributed by atoms with Gasteiger partial charge in [-0.1, -0.05) is 23.7 Å². The van der Waals surface area contributed by atoms with Gasteiger partial charge in [0, 0.05) is 18.1 Å². The Bertz CT molecular complexity index is 1100. The fraction of sp³-hybridized carbons (Fsp3) is 0.227. The largest absolute Gasteiger partial charge is 0.454 e. The fourth-order valence-electron chi connectivity index (χ4n) is 2.97. The second kappa shape index (κ2) is 9.91. The molecular weight excluding hydrogens is 402 g/mol. The van der Waals surface area contributed by atoms with Crippen LogP contribution in [0.15, 0.2) is 48.7 Å². The van der Waals surface area contributed by atoms with E-state index in [-0.39, 0.29) is 6.61 Å². The second-order valence-electron chi connectivity index (χ2n) is 6.73. The topological polar surface area (TPSA) is 98.1 Å². The Kier molecular flexibility index (Phi) is 7.05. The third kappa shape index (κ3) is 5.59. The number of halogens is 1. The molecule has 1 N–H and O–H groups in total. The van der Waals surface area contributed by atoms with E-state index in [1.54, 1.807) is 41.2 Å². The lowest BCUT2D eigenvalue weighted by atomic mass is 10.1. The lowest BCUT2D eigenvalue weighted by molar-refractivity contribution is 0.151. The molecule has 0 aliphatic heterocycles. The van der Waals surface area contributed by atoms with Crippen LogP contribution in [0.3, 0.4) is 0 Å². The summed E-state index contributed by atoms with van der Waals surface area (Å²) in [5.74, 6) is 1.02. The Morgan fingerprint density at radius 1 is 1.13 bits per heavy atom. The van der Waals surface area contributed by atoms with Crippen LogP contribution >= 0.6 is 11.6 Å². The van der Waals surface area contributed by atoms with Gasteiger partial charge >= 0.3 is 0 Å². The van der Waals surface area contributed by atoms with Crippen molar-refractivity contribution in [2.24, 2.45) is 0 Å². The number of hydrogen-bond donors (Lipinski definition) is 1. The van der Waals surface area contributed by atoms with Crippen molar-refractivity contribution in [2.75, 3.05) is 13.2 Å². The van der Waals surface area contributed by atoms with E-state index in [0.717, 1.165) is 5.56 Å². The van der Waals surface area contributed by atoms with Gasteiger partial charge in [-0.15, -0.1) is 0 Å². The number of aromatic nitrogens is 2. The second-order valence-corrected chi connectivity index (χ2v) is 7.17. The zero-order chi connectivity index (χ0) is 21.5. The van der Waals surface area contributed by atoms with Gasteiger partial charge in [-0.2, -0.15) is 15.6 Å². The standard InChI is InChI=1S/C22H20ClN5O2/c1-16-22(30-21-9-19(12-25)8-20(23)10-21)14-28(26-16)15-27(6-7-29)13-18-4-2-17(11-24)3-5-18/h2-5,8-10,14,29H,6-7,13,15H2,1H3. The summed E-state index contributed by atoms with van der Waals surface area (Å²) in [6, 6.07) is 16.3. The molecule has 0 unspecified atom stereocenters. The summed E-state index contributed by atoms with van der Waals surface area (Å²) in [5.41, 5.74) is 2.75. The van der Waals surface area contributed by atoms with Gasteiger partial charge in [0.1, 0.15) is 11.4 Å². The number of aryl methyl sites for hydroxylation is 1. The summed E-state index contributed by atoms with van der Waals surface area (Å²) in [6.07, 6.45) is 1.77. The predicted molar refractivity (Wildman–Crippen MR) is 112 cm³/mol. The lowest BCUT2D eigenvalue weighted by Crippen LogP contribution is -2.29. The molecule has 0 spiro atoms. The maximum atomic E-state index is 9.43. The van der Waals surface area contributed by atoms with E-state index in [9.17, 15) is 5.11 Å². The molecule has 0 amide bonds. The normalized spacial score (nSPS) is 10.6. The van der Waals surface area contributed by atoms with E-state index in [0.29, 0.717) is 53.1 Å². The van der Waals surface area contributed by atoms with E-state index in [4.69, 9.17) is 26.9 Å². The van der Waals surface area contributed by atoms with Crippen molar-refractivity contribution in [1.82, 2.24) is 14.7 Å². The lowest BCUT2D eigenvalue weighted by Gasteiger charge is -2.21. The molecule has 0 fully saturated rings.